The van der Waals surface area contributed by atoms with Gasteiger partial charge in [0.2, 0.25) is 0 Å². The van der Waals surface area contributed by atoms with Crippen molar-refractivity contribution in [3.05, 3.63) is 58.6 Å². The molecular weight excluding hydrogens is 332 g/mol. The summed E-state index contributed by atoms with van der Waals surface area (Å²) >= 11 is 3.37. The molecule has 5 heteroatoms. The van der Waals surface area contributed by atoms with Crippen molar-refractivity contribution < 1.29 is 9.59 Å². The third kappa shape index (κ3) is 3.70. The van der Waals surface area contributed by atoms with Crippen LogP contribution in [-0.4, -0.2) is 18.9 Å². The number of para-hydroxylation sites is 1. The molecule has 0 atom stereocenters. The summed E-state index contributed by atoms with van der Waals surface area (Å²) in [5, 5.41) is 2.61. The fourth-order valence-corrected chi connectivity index (χ4v) is 2.41. The van der Waals surface area contributed by atoms with Gasteiger partial charge in [0.1, 0.15) is 0 Å². The van der Waals surface area contributed by atoms with Crippen LogP contribution in [0.1, 0.15) is 5.56 Å². The molecule has 0 aromatic heterocycles. The van der Waals surface area contributed by atoms with Crippen molar-refractivity contribution in [1.29, 1.82) is 0 Å². The number of halogens is 1. The second-order valence-electron chi connectivity index (χ2n) is 4.64. The van der Waals surface area contributed by atoms with Crippen LogP contribution >= 0.6 is 15.9 Å². The van der Waals surface area contributed by atoms with E-state index in [1.165, 1.54) is 4.90 Å². The van der Waals surface area contributed by atoms with Gasteiger partial charge < -0.3 is 10.2 Å². The Bertz CT molecular complexity index is 671. The molecule has 0 saturated carbocycles. The first-order valence-electron chi connectivity index (χ1n) is 6.39. The fraction of sp³-hybridized carbons (Fsp3) is 0.125. The summed E-state index contributed by atoms with van der Waals surface area (Å²) in [6, 6.07) is 14.5. The number of likely N-dealkylation sites (N-methyl/N-ethyl adjacent to an activating group) is 1. The molecule has 2 rings (SSSR count). The number of aryl methyl sites for hydroxylation is 1. The average molecular weight is 347 g/mol. The van der Waals surface area contributed by atoms with E-state index >= 15 is 0 Å². The second-order valence-corrected chi connectivity index (χ2v) is 5.49. The third-order valence-electron chi connectivity index (χ3n) is 3.02. The normalized spacial score (nSPS) is 10.0. The van der Waals surface area contributed by atoms with E-state index in [1.807, 2.05) is 37.3 Å². The molecule has 2 aromatic rings. The highest BCUT2D eigenvalue weighted by Crippen LogP contribution is 2.23. The summed E-state index contributed by atoms with van der Waals surface area (Å²) < 4.78 is 0.742. The van der Waals surface area contributed by atoms with Gasteiger partial charge in [-0.25, -0.2) is 0 Å². The van der Waals surface area contributed by atoms with Gasteiger partial charge >= 0.3 is 11.8 Å². The smallest absolute Gasteiger partial charge is 0.316 e. The molecule has 1 N–H and O–H groups in total. The number of benzene rings is 2. The summed E-state index contributed by atoms with van der Waals surface area (Å²) in [5.74, 6) is -1.29. The van der Waals surface area contributed by atoms with Crippen LogP contribution in [0.15, 0.2) is 53.0 Å². The summed E-state index contributed by atoms with van der Waals surface area (Å²) in [6.45, 7) is 1.95. The highest BCUT2D eigenvalue weighted by molar-refractivity contribution is 9.10. The number of hydrogen-bond donors (Lipinski definition) is 1. The van der Waals surface area contributed by atoms with Crippen molar-refractivity contribution in [3.8, 4) is 0 Å². The third-order valence-corrected chi connectivity index (χ3v) is 3.67. The number of amides is 2. The number of rotatable bonds is 2. The summed E-state index contributed by atoms with van der Waals surface area (Å²) in [4.78, 5) is 25.5. The average Bonchev–Trinajstić information content (AvgIpc) is 2.49. The highest BCUT2D eigenvalue weighted by atomic mass is 79.9. The number of hydrogen-bond acceptors (Lipinski definition) is 2. The lowest BCUT2D eigenvalue weighted by atomic mass is 10.2. The van der Waals surface area contributed by atoms with Gasteiger partial charge in [0.15, 0.2) is 0 Å². The van der Waals surface area contributed by atoms with Crippen molar-refractivity contribution >= 4 is 39.1 Å². The van der Waals surface area contributed by atoms with E-state index in [2.05, 4.69) is 21.2 Å². The molecule has 0 aliphatic carbocycles. The summed E-state index contributed by atoms with van der Waals surface area (Å²) in [5.41, 5.74) is 2.30. The summed E-state index contributed by atoms with van der Waals surface area (Å²) in [7, 11) is 1.57. The van der Waals surface area contributed by atoms with Crippen LogP contribution in [0.3, 0.4) is 0 Å². The van der Waals surface area contributed by atoms with Gasteiger partial charge in [0, 0.05) is 17.2 Å². The van der Waals surface area contributed by atoms with E-state index in [9.17, 15) is 9.59 Å². The second kappa shape index (κ2) is 6.54. The molecule has 0 fully saturated rings. The van der Waals surface area contributed by atoms with Crippen molar-refractivity contribution in [1.82, 2.24) is 0 Å². The Kier molecular flexibility index (Phi) is 4.75. The van der Waals surface area contributed by atoms with Crippen LogP contribution in [0.4, 0.5) is 11.4 Å². The number of carbonyl (C=O) groups excluding carboxylic acids is 2. The van der Waals surface area contributed by atoms with Gasteiger partial charge in [-0.2, -0.15) is 0 Å². The maximum atomic E-state index is 12.1. The molecule has 0 heterocycles. The lowest BCUT2D eigenvalue weighted by molar-refractivity contribution is -0.134. The summed E-state index contributed by atoms with van der Waals surface area (Å²) in [6.07, 6.45) is 0. The van der Waals surface area contributed by atoms with Crippen LogP contribution in [0.2, 0.25) is 0 Å². The Labute approximate surface area is 131 Å². The Morgan fingerprint density at radius 1 is 1.10 bits per heavy atom. The number of anilines is 2. The lowest BCUT2D eigenvalue weighted by Crippen LogP contribution is -2.37. The van der Waals surface area contributed by atoms with Gasteiger partial charge in [-0.05, 0) is 52.7 Å². The minimum atomic E-state index is -0.675. The molecule has 4 nitrogen and oxygen atoms in total. The first kappa shape index (κ1) is 15.3. The Hall–Kier alpha value is -2.14. The van der Waals surface area contributed by atoms with Crippen LogP contribution in [0.25, 0.3) is 0 Å². The van der Waals surface area contributed by atoms with E-state index in [4.69, 9.17) is 0 Å². The molecular formula is C16H15BrN2O2. The lowest BCUT2D eigenvalue weighted by Gasteiger charge is -2.17. The largest absolute Gasteiger partial charge is 0.317 e. The van der Waals surface area contributed by atoms with Crippen LogP contribution in [0.5, 0.6) is 0 Å². The molecule has 2 amide bonds. The predicted molar refractivity (Wildman–Crippen MR) is 87.4 cm³/mol. The standard InChI is InChI=1S/C16H15BrN2O2/c1-11-8-9-14(13(17)10-11)18-15(20)16(21)19(2)12-6-4-3-5-7-12/h3-10H,1-2H3,(H,18,20). The zero-order chi connectivity index (χ0) is 15.4. The topological polar surface area (TPSA) is 49.4 Å². The fourth-order valence-electron chi connectivity index (χ4n) is 1.82. The van der Waals surface area contributed by atoms with E-state index in [0.29, 0.717) is 11.4 Å². The zero-order valence-corrected chi connectivity index (χ0v) is 13.3. The Morgan fingerprint density at radius 3 is 2.38 bits per heavy atom. The molecule has 2 aromatic carbocycles. The molecule has 0 unspecified atom stereocenters. The van der Waals surface area contributed by atoms with Gasteiger partial charge in [-0.1, -0.05) is 24.3 Å². The minimum Gasteiger partial charge on any atom is -0.317 e. The maximum absolute atomic E-state index is 12.1. The van der Waals surface area contributed by atoms with Gasteiger partial charge in [-0.15, -0.1) is 0 Å². The highest BCUT2D eigenvalue weighted by Gasteiger charge is 2.20. The zero-order valence-electron chi connectivity index (χ0n) is 11.8. The molecule has 0 aliphatic rings. The van der Waals surface area contributed by atoms with Crippen molar-refractivity contribution in [2.45, 2.75) is 6.92 Å². The molecule has 108 valence electrons. The number of nitrogens with zero attached hydrogens (tertiary/aromatic N) is 1. The first-order chi connectivity index (χ1) is 9.99. The number of carbonyl (C=O) groups is 2. The monoisotopic (exact) mass is 346 g/mol. The Morgan fingerprint density at radius 2 is 1.76 bits per heavy atom. The SMILES string of the molecule is Cc1ccc(NC(=O)C(=O)N(C)c2ccccc2)c(Br)c1. The molecule has 0 spiro atoms. The van der Waals surface area contributed by atoms with Crippen LogP contribution in [0, 0.1) is 6.92 Å². The van der Waals surface area contributed by atoms with Gasteiger partial charge in [-0.3, -0.25) is 9.59 Å². The van der Waals surface area contributed by atoms with Crippen molar-refractivity contribution in [3.63, 3.8) is 0 Å². The van der Waals surface area contributed by atoms with Crippen molar-refractivity contribution in [2.75, 3.05) is 17.3 Å². The van der Waals surface area contributed by atoms with Gasteiger partial charge in [0.25, 0.3) is 0 Å². The van der Waals surface area contributed by atoms with E-state index in [1.54, 1.807) is 25.2 Å². The van der Waals surface area contributed by atoms with Crippen LogP contribution < -0.4 is 10.2 Å². The molecule has 0 saturated heterocycles. The van der Waals surface area contributed by atoms with Crippen molar-refractivity contribution in [2.24, 2.45) is 0 Å². The maximum Gasteiger partial charge on any atom is 0.316 e. The molecule has 21 heavy (non-hydrogen) atoms. The molecule has 0 bridgehead atoms. The molecule has 0 aliphatic heterocycles. The first-order valence-corrected chi connectivity index (χ1v) is 7.18. The van der Waals surface area contributed by atoms with E-state index in [-0.39, 0.29) is 0 Å². The van der Waals surface area contributed by atoms with Gasteiger partial charge in [0.05, 0.1) is 5.69 Å². The quantitative estimate of drug-likeness (QED) is 0.847. The van der Waals surface area contributed by atoms with E-state index < -0.39 is 11.8 Å². The minimum absolute atomic E-state index is 0.570. The van der Waals surface area contributed by atoms with E-state index in [0.717, 1.165) is 10.0 Å². The predicted octanol–water partition coefficient (Wildman–Crippen LogP) is 3.36. The number of nitrogens with one attached hydrogen (secondary N) is 1. The molecule has 0 radical (unpaired) electrons. The van der Waals surface area contributed by atoms with Crippen LogP contribution in [-0.2, 0) is 9.59 Å². The Balaban J connectivity index is 2.11.